The number of pyridine rings is 1. The molecule has 0 unspecified atom stereocenters. The third-order valence-electron chi connectivity index (χ3n) is 2.50. The smallest absolute Gasteiger partial charge is 0.356 e. The zero-order valence-corrected chi connectivity index (χ0v) is 9.87. The molecule has 0 fully saturated rings. The molecule has 0 bridgehead atoms. The number of hydrogen-bond donors (Lipinski definition) is 2. The normalized spacial score (nSPS) is 10.6. The molecule has 0 aliphatic heterocycles. The summed E-state index contributed by atoms with van der Waals surface area (Å²) < 4.78 is 1.47. The van der Waals surface area contributed by atoms with Crippen molar-refractivity contribution in [2.24, 2.45) is 0 Å². The largest absolute Gasteiger partial charge is 0.476 e. The Labute approximate surface area is 104 Å². The lowest BCUT2D eigenvalue weighted by molar-refractivity contribution is 0.0688. The minimum atomic E-state index is -1.10. The van der Waals surface area contributed by atoms with Crippen LogP contribution in [0.15, 0.2) is 24.7 Å². The van der Waals surface area contributed by atoms with Crippen molar-refractivity contribution in [2.45, 2.75) is 13.3 Å². The lowest BCUT2D eigenvalue weighted by Crippen LogP contribution is -2.04. The van der Waals surface area contributed by atoms with Gasteiger partial charge in [-0.3, -0.25) is 4.98 Å². The molecule has 0 spiro atoms. The molecule has 2 heterocycles. The van der Waals surface area contributed by atoms with Gasteiger partial charge in [0.1, 0.15) is 0 Å². The summed E-state index contributed by atoms with van der Waals surface area (Å²) in [5.41, 5.74) is 2.13. The molecule has 2 aromatic rings. The van der Waals surface area contributed by atoms with Gasteiger partial charge in [0, 0.05) is 24.6 Å². The van der Waals surface area contributed by atoms with E-state index in [-0.39, 0.29) is 18.7 Å². The molecule has 0 amide bonds. The number of carbonyl (C=O) groups is 1. The lowest BCUT2D eigenvalue weighted by Gasteiger charge is -2.00. The predicted octanol–water partition coefficient (Wildman–Crippen LogP) is 0.809. The van der Waals surface area contributed by atoms with E-state index in [1.54, 1.807) is 18.6 Å². The molecule has 0 aliphatic rings. The van der Waals surface area contributed by atoms with Crippen LogP contribution in [-0.2, 0) is 6.42 Å². The molecule has 0 saturated carbocycles. The molecule has 2 aromatic heterocycles. The standard InChI is InChI=1S/C12H13N3O3/c1-8-4-10(6-13-5-8)15-7-9(2-3-16)11(14-15)12(17)18/h4-7,16H,2-3H2,1H3,(H,17,18). The first-order valence-electron chi connectivity index (χ1n) is 5.46. The molecule has 2 rings (SSSR count). The molecule has 18 heavy (non-hydrogen) atoms. The number of aliphatic hydroxyl groups excluding tert-OH is 1. The summed E-state index contributed by atoms with van der Waals surface area (Å²) in [6, 6.07) is 1.86. The molecule has 6 nitrogen and oxygen atoms in total. The van der Waals surface area contributed by atoms with Gasteiger partial charge >= 0.3 is 5.97 Å². The van der Waals surface area contributed by atoms with Crippen molar-refractivity contribution >= 4 is 5.97 Å². The maximum atomic E-state index is 11.0. The van der Waals surface area contributed by atoms with Crippen molar-refractivity contribution in [1.29, 1.82) is 0 Å². The SMILES string of the molecule is Cc1cncc(-n2cc(CCO)c(C(=O)O)n2)c1. The molecule has 0 radical (unpaired) electrons. The number of carboxylic acid groups (broad SMARTS) is 1. The van der Waals surface area contributed by atoms with Crippen molar-refractivity contribution in [3.8, 4) is 5.69 Å². The Morgan fingerprint density at radius 2 is 2.22 bits per heavy atom. The number of aromatic carboxylic acids is 1. The molecular weight excluding hydrogens is 234 g/mol. The predicted molar refractivity (Wildman–Crippen MR) is 63.8 cm³/mol. The van der Waals surface area contributed by atoms with Crippen molar-refractivity contribution in [3.63, 3.8) is 0 Å². The Balaban J connectivity index is 2.46. The number of aryl methyl sites for hydroxylation is 1. The van der Waals surface area contributed by atoms with E-state index >= 15 is 0 Å². The van der Waals surface area contributed by atoms with Gasteiger partial charge in [0.15, 0.2) is 5.69 Å². The van der Waals surface area contributed by atoms with Gasteiger partial charge in [-0.1, -0.05) is 0 Å². The molecule has 0 atom stereocenters. The topological polar surface area (TPSA) is 88.2 Å². The van der Waals surface area contributed by atoms with Gasteiger partial charge in [-0.2, -0.15) is 5.10 Å². The summed E-state index contributed by atoms with van der Waals surface area (Å²) in [7, 11) is 0. The number of aliphatic hydroxyl groups is 1. The van der Waals surface area contributed by atoms with E-state index in [9.17, 15) is 4.79 Å². The molecule has 0 aromatic carbocycles. The Morgan fingerprint density at radius 3 is 2.83 bits per heavy atom. The van der Waals surface area contributed by atoms with Crippen molar-refractivity contribution < 1.29 is 15.0 Å². The van der Waals surface area contributed by atoms with Gasteiger partial charge in [-0.25, -0.2) is 9.48 Å². The van der Waals surface area contributed by atoms with Gasteiger partial charge in [-0.15, -0.1) is 0 Å². The summed E-state index contributed by atoms with van der Waals surface area (Å²) in [6.07, 6.45) is 5.19. The number of rotatable bonds is 4. The van der Waals surface area contributed by atoms with Crippen LogP contribution < -0.4 is 0 Å². The number of carboxylic acids is 1. The molecule has 94 valence electrons. The quantitative estimate of drug-likeness (QED) is 0.834. The number of nitrogens with zero attached hydrogens (tertiary/aromatic N) is 3. The maximum Gasteiger partial charge on any atom is 0.356 e. The van der Waals surface area contributed by atoms with Gasteiger partial charge < -0.3 is 10.2 Å². The van der Waals surface area contributed by atoms with Crippen LogP contribution >= 0.6 is 0 Å². The van der Waals surface area contributed by atoms with Crippen LogP contribution in [0.1, 0.15) is 21.6 Å². The molecule has 0 aliphatic carbocycles. The summed E-state index contributed by atoms with van der Waals surface area (Å²) in [6.45, 7) is 1.78. The Kier molecular flexibility index (Phi) is 3.38. The summed E-state index contributed by atoms with van der Waals surface area (Å²) >= 11 is 0. The van der Waals surface area contributed by atoms with Gasteiger partial charge in [0.05, 0.1) is 11.9 Å². The Morgan fingerprint density at radius 1 is 1.44 bits per heavy atom. The van der Waals surface area contributed by atoms with Gasteiger partial charge in [0.2, 0.25) is 0 Å². The fourth-order valence-electron chi connectivity index (χ4n) is 1.69. The first kappa shape index (κ1) is 12.3. The van der Waals surface area contributed by atoms with Crippen molar-refractivity contribution in [2.75, 3.05) is 6.61 Å². The van der Waals surface area contributed by atoms with E-state index in [0.29, 0.717) is 11.3 Å². The average Bonchev–Trinajstić information content (AvgIpc) is 2.74. The second-order valence-electron chi connectivity index (χ2n) is 3.95. The maximum absolute atomic E-state index is 11.0. The lowest BCUT2D eigenvalue weighted by atomic mass is 10.2. The minimum Gasteiger partial charge on any atom is -0.476 e. The highest BCUT2D eigenvalue weighted by atomic mass is 16.4. The van der Waals surface area contributed by atoms with Crippen LogP contribution in [0.2, 0.25) is 0 Å². The molecule has 0 saturated heterocycles. The van der Waals surface area contributed by atoms with Crippen LogP contribution in [-0.4, -0.2) is 37.6 Å². The third-order valence-corrected chi connectivity index (χ3v) is 2.50. The van der Waals surface area contributed by atoms with Crippen LogP contribution in [0.25, 0.3) is 5.69 Å². The Bertz CT molecular complexity index is 578. The monoisotopic (exact) mass is 247 g/mol. The highest BCUT2D eigenvalue weighted by molar-refractivity contribution is 5.87. The van der Waals surface area contributed by atoms with Crippen LogP contribution in [0.5, 0.6) is 0 Å². The number of aromatic nitrogens is 3. The van der Waals surface area contributed by atoms with Gasteiger partial charge in [0.25, 0.3) is 0 Å². The first-order valence-corrected chi connectivity index (χ1v) is 5.46. The molecule has 2 N–H and O–H groups in total. The zero-order chi connectivity index (χ0) is 13.1. The van der Waals surface area contributed by atoms with Crippen LogP contribution in [0, 0.1) is 6.92 Å². The fraction of sp³-hybridized carbons (Fsp3) is 0.250. The highest BCUT2D eigenvalue weighted by Crippen LogP contribution is 2.13. The fourth-order valence-corrected chi connectivity index (χ4v) is 1.69. The minimum absolute atomic E-state index is 0.0365. The van der Waals surface area contributed by atoms with E-state index < -0.39 is 5.97 Å². The third kappa shape index (κ3) is 2.38. The van der Waals surface area contributed by atoms with Crippen LogP contribution in [0.3, 0.4) is 0 Å². The summed E-state index contributed by atoms with van der Waals surface area (Å²) in [5.74, 6) is -1.10. The van der Waals surface area contributed by atoms with Crippen molar-refractivity contribution in [3.05, 3.63) is 41.5 Å². The average molecular weight is 247 g/mol. The second kappa shape index (κ2) is 4.97. The summed E-state index contributed by atoms with van der Waals surface area (Å²) in [4.78, 5) is 15.1. The van der Waals surface area contributed by atoms with E-state index in [0.717, 1.165) is 5.56 Å². The molecule has 6 heteroatoms. The molecular formula is C12H13N3O3. The van der Waals surface area contributed by atoms with Crippen LogP contribution in [0.4, 0.5) is 0 Å². The van der Waals surface area contributed by atoms with E-state index in [2.05, 4.69) is 10.1 Å². The highest BCUT2D eigenvalue weighted by Gasteiger charge is 2.16. The van der Waals surface area contributed by atoms with E-state index in [1.807, 2.05) is 13.0 Å². The van der Waals surface area contributed by atoms with E-state index in [1.165, 1.54) is 4.68 Å². The summed E-state index contributed by atoms with van der Waals surface area (Å²) in [5, 5.41) is 21.9. The van der Waals surface area contributed by atoms with Gasteiger partial charge in [-0.05, 0) is 25.0 Å². The second-order valence-corrected chi connectivity index (χ2v) is 3.95. The Hall–Kier alpha value is -2.21. The van der Waals surface area contributed by atoms with Crippen molar-refractivity contribution in [1.82, 2.24) is 14.8 Å². The number of hydrogen-bond acceptors (Lipinski definition) is 4. The first-order chi connectivity index (χ1) is 8.61. The van der Waals surface area contributed by atoms with E-state index in [4.69, 9.17) is 10.2 Å². The zero-order valence-electron chi connectivity index (χ0n) is 9.87.